The van der Waals surface area contributed by atoms with Crippen molar-refractivity contribution in [3.63, 3.8) is 0 Å². The highest BCUT2D eigenvalue weighted by atomic mass is 16.5. The summed E-state index contributed by atoms with van der Waals surface area (Å²) >= 11 is 0. The van der Waals surface area contributed by atoms with Crippen LogP contribution < -0.4 is 10.6 Å². The van der Waals surface area contributed by atoms with E-state index in [2.05, 4.69) is 20.5 Å². The number of amides is 2. The first-order chi connectivity index (χ1) is 12.0. The van der Waals surface area contributed by atoms with Crippen LogP contribution in [0.3, 0.4) is 0 Å². The van der Waals surface area contributed by atoms with E-state index in [1.807, 2.05) is 0 Å². The fourth-order valence-corrected chi connectivity index (χ4v) is 2.05. The molecule has 0 spiro atoms. The fraction of sp³-hybridized carbons (Fsp3) is 0.250. The van der Waals surface area contributed by atoms with Crippen LogP contribution in [0.5, 0.6) is 0 Å². The molecule has 3 N–H and O–H groups in total. The minimum absolute atomic E-state index is 0.0211. The molecule has 0 fully saturated rings. The Morgan fingerprint density at radius 1 is 1.24 bits per heavy atom. The number of aliphatic carboxylic acids is 1. The van der Waals surface area contributed by atoms with Gasteiger partial charge in [-0.25, -0.2) is 4.79 Å². The van der Waals surface area contributed by atoms with Crippen molar-refractivity contribution in [1.82, 2.24) is 9.78 Å². The molecule has 1 aromatic heterocycles. The first-order valence-electron chi connectivity index (χ1n) is 7.45. The van der Waals surface area contributed by atoms with Crippen LogP contribution in [0.15, 0.2) is 36.5 Å². The Bertz CT molecular complexity index is 771. The van der Waals surface area contributed by atoms with Gasteiger partial charge in [0.1, 0.15) is 6.54 Å². The Labute approximate surface area is 143 Å². The van der Waals surface area contributed by atoms with Crippen LogP contribution in [0.4, 0.5) is 16.3 Å². The third-order valence-corrected chi connectivity index (χ3v) is 3.21. The minimum atomic E-state index is -0.876. The minimum Gasteiger partial charge on any atom is -0.481 e. The van der Waals surface area contributed by atoms with Crippen molar-refractivity contribution in [2.45, 2.75) is 19.4 Å². The van der Waals surface area contributed by atoms with Crippen molar-refractivity contribution in [3.05, 3.63) is 42.1 Å². The SMILES string of the molecule is COC(=O)Cn1ccc(NC(=O)Nc2cccc(CCC(=O)O)c2)n1. The summed E-state index contributed by atoms with van der Waals surface area (Å²) in [6, 6.07) is 7.97. The van der Waals surface area contributed by atoms with Crippen molar-refractivity contribution >= 4 is 29.5 Å². The third-order valence-electron chi connectivity index (χ3n) is 3.21. The molecular weight excluding hydrogens is 328 g/mol. The van der Waals surface area contributed by atoms with Gasteiger partial charge in [0.2, 0.25) is 0 Å². The van der Waals surface area contributed by atoms with E-state index in [1.54, 1.807) is 36.5 Å². The molecule has 9 nitrogen and oxygen atoms in total. The van der Waals surface area contributed by atoms with Crippen molar-refractivity contribution in [1.29, 1.82) is 0 Å². The number of nitrogens with zero attached hydrogens (tertiary/aromatic N) is 2. The molecule has 0 atom stereocenters. The number of anilines is 2. The topological polar surface area (TPSA) is 123 Å². The van der Waals surface area contributed by atoms with Gasteiger partial charge in [0, 0.05) is 24.4 Å². The molecule has 2 aromatic rings. The van der Waals surface area contributed by atoms with Crippen LogP contribution in [0.1, 0.15) is 12.0 Å². The van der Waals surface area contributed by atoms with Crippen LogP contribution in [0.2, 0.25) is 0 Å². The molecule has 2 amide bonds. The van der Waals surface area contributed by atoms with Gasteiger partial charge in [-0.3, -0.25) is 19.6 Å². The van der Waals surface area contributed by atoms with E-state index < -0.39 is 18.0 Å². The lowest BCUT2D eigenvalue weighted by Crippen LogP contribution is -2.20. The zero-order chi connectivity index (χ0) is 18.2. The molecule has 1 aromatic carbocycles. The van der Waals surface area contributed by atoms with Gasteiger partial charge in [-0.2, -0.15) is 5.10 Å². The average Bonchev–Trinajstić information content (AvgIpc) is 2.99. The lowest BCUT2D eigenvalue weighted by atomic mass is 10.1. The predicted molar refractivity (Wildman–Crippen MR) is 89.3 cm³/mol. The number of methoxy groups -OCH3 is 1. The Kier molecular flexibility index (Phi) is 6.10. The Morgan fingerprint density at radius 2 is 2.04 bits per heavy atom. The van der Waals surface area contributed by atoms with Gasteiger partial charge in [0.15, 0.2) is 5.82 Å². The molecule has 0 saturated carbocycles. The molecule has 132 valence electrons. The quantitative estimate of drug-likeness (QED) is 0.656. The second-order valence-electron chi connectivity index (χ2n) is 5.15. The fourth-order valence-electron chi connectivity index (χ4n) is 2.05. The highest BCUT2D eigenvalue weighted by Gasteiger charge is 2.08. The maximum absolute atomic E-state index is 12.0. The molecule has 9 heteroatoms. The van der Waals surface area contributed by atoms with E-state index in [4.69, 9.17) is 5.11 Å². The molecule has 0 aliphatic heterocycles. The van der Waals surface area contributed by atoms with E-state index in [0.29, 0.717) is 12.1 Å². The van der Waals surface area contributed by atoms with E-state index in [-0.39, 0.29) is 18.8 Å². The number of carboxylic acid groups (broad SMARTS) is 1. The number of aromatic nitrogens is 2. The highest BCUT2D eigenvalue weighted by molar-refractivity contribution is 5.99. The monoisotopic (exact) mass is 346 g/mol. The van der Waals surface area contributed by atoms with E-state index in [9.17, 15) is 14.4 Å². The third kappa shape index (κ3) is 5.98. The summed E-state index contributed by atoms with van der Waals surface area (Å²) in [5.41, 5.74) is 1.34. The maximum Gasteiger partial charge on any atom is 0.327 e. The zero-order valence-electron chi connectivity index (χ0n) is 13.6. The van der Waals surface area contributed by atoms with Crippen LogP contribution in [-0.4, -0.2) is 40.0 Å². The second-order valence-corrected chi connectivity index (χ2v) is 5.15. The molecule has 0 unspecified atom stereocenters. The highest BCUT2D eigenvalue weighted by Crippen LogP contribution is 2.13. The van der Waals surface area contributed by atoms with Crippen LogP contribution >= 0.6 is 0 Å². The number of esters is 1. The second kappa shape index (κ2) is 8.48. The number of nitrogens with one attached hydrogen (secondary N) is 2. The van der Waals surface area contributed by atoms with Crippen molar-refractivity contribution in [3.8, 4) is 0 Å². The summed E-state index contributed by atoms with van der Waals surface area (Å²) in [5, 5.41) is 17.9. The molecule has 2 rings (SSSR count). The largest absolute Gasteiger partial charge is 0.481 e. The van der Waals surface area contributed by atoms with Crippen LogP contribution in [0, 0.1) is 0 Å². The summed E-state index contributed by atoms with van der Waals surface area (Å²) in [6.45, 7) is -0.0502. The number of hydrogen-bond donors (Lipinski definition) is 3. The number of carboxylic acids is 1. The average molecular weight is 346 g/mol. The Morgan fingerprint density at radius 3 is 2.76 bits per heavy atom. The Balaban J connectivity index is 1.90. The Hall–Kier alpha value is -3.36. The molecule has 0 aliphatic rings. The summed E-state index contributed by atoms with van der Waals surface area (Å²) in [5.74, 6) is -1.04. The summed E-state index contributed by atoms with van der Waals surface area (Å²) < 4.78 is 5.87. The summed E-state index contributed by atoms with van der Waals surface area (Å²) in [7, 11) is 1.28. The standard InChI is InChI=1S/C16H18N4O5/c1-25-15(23)10-20-8-7-13(19-20)18-16(24)17-12-4-2-3-11(9-12)5-6-14(21)22/h2-4,7-9H,5-6,10H2,1H3,(H,21,22)(H2,17,18,19,24). The maximum atomic E-state index is 12.0. The van der Waals surface area contributed by atoms with Gasteiger partial charge >= 0.3 is 18.0 Å². The normalized spacial score (nSPS) is 10.1. The molecular formula is C16H18N4O5. The van der Waals surface area contributed by atoms with Gasteiger partial charge in [0.25, 0.3) is 0 Å². The number of carbonyl (C=O) groups excluding carboxylic acids is 2. The number of ether oxygens (including phenoxy) is 1. The number of carbonyl (C=O) groups is 3. The first-order valence-corrected chi connectivity index (χ1v) is 7.45. The van der Waals surface area contributed by atoms with Gasteiger partial charge < -0.3 is 15.2 Å². The predicted octanol–water partition coefficient (Wildman–Crippen LogP) is 1.72. The molecule has 0 bridgehead atoms. The molecule has 0 saturated heterocycles. The van der Waals surface area contributed by atoms with Crippen molar-refractivity contribution in [2.75, 3.05) is 17.7 Å². The number of hydrogen-bond acceptors (Lipinski definition) is 5. The van der Waals surface area contributed by atoms with Gasteiger partial charge in [-0.1, -0.05) is 12.1 Å². The zero-order valence-corrected chi connectivity index (χ0v) is 13.6. The van der Waals surface area contributed by atoms with E-state index in [1.165, 1.54) is 11.8 Å². The number of urea groups is 1. The molecule has 25 heavy (non-hydrogen) atoms. The van der Waals surface area contributed by atoms with Crippen molar-refractivity contribution in [2.24, 2.45) is 0 Å². The molecule has 0 radical (unpaired) electrons. The van der Waals surface area contributed by atoms with Gasteiger partial charge in [-0.05, 0) is 24.1 Å². The van der Waals surface area contributed by atoms with Gasteiger partial charge in [0.05, 0.1) is 7.11 Å². The number of rotatable bonds is 7. The van der Waals surface area contributed by atoms with Crippen LogP contribution in [0.25, 0.3) is 0 Å². The number of benzene rings is 1. The number of aryl methyl sites for hydroxylation is 1. The molecule has 1 heterocycles. The lowest BCUT2D eigenvalue weighted by molar-refractivity contribution is -0.141. The summed E-state index contributed by atoms with van der Waals surface area (Å²) in [6.07, 6.45) is 1.94. The van der Waals surface area contributed by atoms with E-state index >= 15 is 0 Å². The smallest absolute Gasteiger partial charge is 0.327 e. The lowest BCUT2D eigenvalue weighted by Gasteiger charge is -2.07. The summed E-state index contributed by atoms with van der Waals surface area (Å²) in [4.78, 5) is 33.8. The molecule has 0 aliphatic carbocycles. The van der Waals surface area contributed by atoms with Crippen LogP contribution in [-0.2, 0) is 27.3 Å². The van der Waals surface area contributed by atoms with Crippen molar-refractivity contribution < 1.29 is 24.2 Å². The van der Waals surface area contributed by atoms with Gasteiger partial charge in [-0.15, -0.1) is 0 Å². The van der Waals surface area contributed by atoms with E-state index in [0.717, 1.165) is 5.56 Å². The first kappa shape index (κ1) is 18.0.